The van der Waals surface area contributed by atoms with Crippen LogP contribution in [0.25, 0.3) is 0 Å². The fourth-order valence-corrected chi connectivity index (χ4v) is 1.40. The zero-order valence-corrected chi connectivity index (χ0v) is 8.16. The molecule has 70 valence electrons. The van der Waals surface area contributed by atoms with E-state index in [1.54, 1.807) is 18.5 Å². The number of rotatable bonds is 4. The molecule has 0 aliphatic carbocycles. The third-order valence-corrected chi connectivity index (χ3v) is 2.30. The Morgan fingerprint density at radius 1 is 1.46 bits per heavy atom. The molecule has 1 heterocycles. The first kappa shape index (κ1) is 9.90. The molecule has 0 atom stereocenters. The van der Waals surface area contributed by atoms with Gasteiger partial charge < -0.3 is 0 Å². The standard InChI is InChI=1S/C11H15NO/c1-3-9(4-2)11(13)10-6-5-7-12-8-10/h5-9H,3-4H2,1-2H3. The van der Waals surface area contributed by atoms with Gasteiger partial charge in [-0.2, -0.15) is 0 Å². The van der Waals surface area contributed by atoms with Crippen molar-refractivity contribution in [1.29, 1.82) is 0 Å². The molecule has 0 aliphatic rings. The van der Waals surface area contributed by atoms with E-state index in [1.165, 1.54) is 0 Å². The first-order valence-corrected chi connectivity index (χ1v) is 4.73. The van der Waals surface area contributed by atoms with Crippen molar-refractivity contribution in [1.82, 2.24) is 4.98 Å². The summed E-state index contributed by atoms with van der Waals surface area (Å²) >= 11 is 0. The number of carbonyl (C=O) groups is 1. The summed E-state index contributed by atoms with van der Waals surface area (Å²) in [4.78, 5) is 15.7. The van der Waals surface area contributed by atoms with E-state index < -0.39 is 0 Å². The molecule has 0 saturated heterocycles. The summed E-state index contributed by atoms with van der Waals surface area (Å²) in [6.07, 6.45) is 5.14. The largest absolute Gasteiger partial charge is 0.294 e. The monoisotopic (exact) mass is 177 g/mol. The van der Waals surface area contributed by atoms with Gasteiger partial charge in [0.15, 0.2) is 5.78 Å². The fourth-order valence-electron chi connectivity index (χ4n) is 1.40. The second-order valence-electron chi connectivity index (χ2n) is 3.12. The van der Waals surface area contributed by atoms with Crippen LogP contribution in [0.1, 0.15) is 37.0 Å². The summed E-state index contributed by atoms with van der Waals surface area (Å²) in [5, 5.41) is 0. The van der Waals surface area contributed by atoms with Gasteiger partial charge >= 0.3 is 0 Å². The number of Topliss-reactive ketones (excluding diaryl/α,β-unsaturated/α-hetero) is 1. The summed E-state index contributed by atoms with van der Waals surface area (Å²) in [5.41, 5.74) is 0.733. The van der Waals surface area contributed by atoms with Gasteiger partial charge in [-0.3, -0.25) is 9.78 Å². The number of hydrogen-bond donors (Lipinski definition) is 0. The Morgan fingerprint density at radius 2 is 2.15 bits per heavy atom. The summed E-state index contributed by atoms with van der Waals surface area (Å²) < 4.78 is 0. The number of ketones is 1. The molecule has 0 radical (unpaired) electrons. The van der Waals surface area contributed by atoms with Gasteiger partial charge in [0.2, 0.25) is 0 Å². The molecule has 0 N–H and O–H groups in total. The highest BCUT2D eigenvalue weighted by Crippen LogP contribution is 2.14. The van der Waals surface area contributed by atoms with Crippen molar-refractivity contribution in [3.8, 4) is 0 Å². The van der Waals surface area contributed by atoms with Crippen LogP contribution in [-0.4, -0.2) is 10.8 Å². The normalized spacial score (nSPS) is 10.4. The minimum atomic E-state index is 0.157. The van der Waals surface area contributed by atoms with E-state index in [2.05, 4.69) is 4.98 Å². The minimum Gasteiger partial charge on any atom is -0.294 e. The molecular formula is C11H15NO. The summed E-state index contributed by atoms with van der Waals surface area (Å²) in [6, 6.07) is 3.63. The fraction of sp³-hybridized carbons (Fsp3) is 0.455. The average molecular weight is 177 g/mol. The Balaban J connectivity index is 2.78. The van der Waals surface area contributed by atoms with Crippen LogP contribution < -0.4 is 0 Å². The highest BCUT2D eigenvalue weighted by molar-refractivity contribution is 5.97. The number of nitrogens with zero attached hydrogens (tertiary/aromatic N) is 1. The van der Waals surface area contributed by atoms with Crippen molar-refractivity contribution in [3.05, 3.63) is 30.1 Å². The zero-order chi connectivity index (χ0) is 9.68. The van der Waals surface area contributed by atoms with Crippen LogP contribution in [-0.2, 0) is 0 Å². The molecule has 0 amide bonds. The Morgan fingerprint density at radius 3 is 2.62 bits per heavy atom. The van der Waals surface area contributed by atoms with Crippen molar-refractivity contribution in [2.24, 2.45) is 5.92 Å². The van der Waals surface area contributed by atoms with Crippen LogP contribution in [0.4, 0.5) is 0 Å². The number of carbonyl (C=O) groups excluding carboxylic acids is 1. The van der Waals surface area contributed by atoms with Crippen LogP contribution in [0.15, 0.2) is 24.5 Å². The Hall–Kier alpha value is -1.18. The lowest BCUT2D eigenvalue weighted by molar-refractivity contribution is 0.0913. The third-order valence-electron chi connectivity index (χ3n) is 2.30. The van der Waals surface area contributed by atoms with E-state index in [0.29, 0.717) is 0 Å². The van der Waals surface area contributed by atoms with E-state index in [0.717, 1.165) is 18.4 Å². The molecule has 2 heteroatoms. The van der Waals surface area contributed by atoms with E-state index in [4.69, 9.17) is 0 Å². The van der Waals surface area contributed by atoms with Crippen molar-refractivity contribution in [2.75, 3.05) is 0 Å². The lowest BCUT2D eigenvalue weighted by atomic mass is 9.94. The molecule has 2 nitrogen and oxygen atoms in total. The van der Waals surface area contributed by atoms with Gasteiger partial charge in [0.25, 0.3) is 0 Å². The summed E-state index contributed by atoms with van der Waals surface area (Å²) in [5.74, 6) is 0.377. The lowest BCUT2D eigenvalue weighted by Gasteiger charge is -2.09. The van der Waals surface area contributed by atoms with Crippen molar-refractivity contribution in [3.63, 3.8) is 0 Å². The highest BCUT2D eigenvalue weighted by atomic mass is 16.1. The SMILES string of the molecule is CCC(CC)C(=O)c1cccnc1. The van der Waals surface area contributed by atoms with E-state index in [1.807, 2.05) is 19.9 Å². The maximum atomic E-state index is 11.8. The highest BCUT2D eigenvalue weighted by Gasteiger charge is 2.15. The van der Waals surface area contributed by atoms with Crippen molar-refractivity contribution >= 4 is 5.78 Å². The molecule has 1 aromatic heterocycles. The van der Waals surface area contributed by atoms with Gasteiger partial charge in [0.05, 0.1) is 0 Å². The number of hydrogen-bond acceptors (Lipinski definition) is 2. The molecule has 13 heavy (non-hydrogen) atoms. The predicted molar refractivity (Wildman–Crippen MR) is 52.6 cm³/mol. The van der Waals surface area contributed by atoms with Crippen molar-refractivity contribution < 1.29 is 4.79 Å². The maximum absolute atomic E-state index is 11.8. The molecule has 0 bridgehead atoms. The molecule has 1 rings (SSSR count). The minimum absolute atomic E-state index is 0.157. The van der Waals surface area contributed by atoms with Crippen LogP contribution in [0.3, 0.4) is 0 Å². The molecule has 0 fully saturated rings. The first-order valence-electron chi connectivity index (χ1n) is 4.73. The Labute approximate surface area is 79.0 Å². The van der Waals surface area contributed by atoms with Gasteiger partial charge in [-0.25, -0.2) is 0 Å². The molecule has 1 aromatic rings. The number of aromatic nitrogens is 1. The quantitative estimate of drug-likeness (QED) is 0.662. The summed E-state index contributed by atoms with van der Waals surface area (Å²) in [6.45, 7) is 4.09. The maximum Gasteiger partial charge on any atom is 0.167 e. The van der Waals surface area contributed by atoms with E-state index >= 15 is 0 Å². The zero-order valence-electron chi connectivity index (χ0n) is 8.16. The molecule has 0 saturated carbocycles. The second kappa shape index (κ2) is 4.75. The molecular weight excluding hydrogens is 162 g/mol. The van der Waals surface area contributed by atoms with Crippen molar-refractivity contribution in [2.45, 2.75) is 26.7 Å². The molecule has 0 unspecified atom stereocenters. The van der Waals surface area contributed by atoms with Gasteiger partial charge in [0.1, 0.15) is 0 Å². The number of pyridine rings is 1. The van der Waals surface area contributed by atoms with E-state index in [-0.39, 0.29) is 11.7 Å². The second-order valence-corrected chi connectivity index (χ2v) is 3.12. The Kier molecular flexibility index (Phi) is 3.62. The van der Waals surface area contributed by atoms with Crippen LogP contribution in [0, 0.1) is 5.92 Å². The van der Waals surface area contributed by atoms with Gasteiger partial charge in [-0.15, -0.1) is 0 Å². The van der Waals surface area contributed by atoms with Gasteiger partial charge in [-0.05, 0) is 25.0 Å². The molecule has 0 aromatic carbocycles. The Bertz CT molecular complexity index is 265. The first-order chi connectivity index (χ1) is 6.29. The lowest BCUT2D eigenvalue weighted by Crippen LogP contribution is -2.12. The molecule has 0 aliphatic heterocycles. The third kappa shape index (κ3) is 2.38. The van der Waals surface area contributed by atoms with Gasteiger partial charge in [0, 0.05) is 23.9 Å². The topological polar surface area (TPSA) is 30.0 Å². The molecule has 0 spiro atoms. The van der Waals surface area contributed by atoms with Crippen LogP contribution >= 0.6 is 0 Å². The van der Waals surface area contributed by atoms with E-state index in [9.17, 15) is 4.79 Å². The predicted octanol–water partition coefficient (Wildman–Crippen LogP) is 2.70. The van der Waals surface area contributed by atoms with Gasteiger partial charge in [-0.1, -0.05) is 13.8 Å². The average Bonchev–Trinajstić information content (AvgIpc) is 2.21. The van der Waals surface area contributed by atoms with Crippen LogP contribution in [0.2, 0.25) is 0 Å². The van der Waals surface area contributed by atoms with Crippen LogP contribution in [0.5, 0.6) is 0 Å². The summed E-state index contributed by atoms with van der Waals surface area (Å²) in [7, 11) is 0. The smallest absolute Gasteiger partial charge is 0.167 e.